The average Bonchev–Trinajstić information content (AvgIpc) is 3.06. The van der Waals surface area contributed by atoms with E-state index in [1.54, 1.807) is 6.92 Å². The van der Waals surface area contributed by atoms with Crippen LogP contribution in [0.3, 0.4) is 0 Å². The van der Waals surface area contributed by atoms with E-state index in [4.69, 9.17) is 0 Å². The van der Waals surface area contributed by atoms with Crippen LogP contribution < -0.4 is 36.6 Å². The molecular weight excluding hydrogens is 658 g/mol. The number of likely N-dealkylation sites (N-methyl/N-ethyl adjacent to an activating group) is 1. The van der Waals surface area contributed by atoms with Crippen LogP contribution in [0.5, 0.6) is 0 Å². The van der Waals surface area contributed by atoms with Crippen LogP contribution in [0, 0.1) is 23.0 Å². The molecule has 1 aromatic rings. The van der Waals surface area contributed by atoms with Crippen LogP contribution in [-0.2, 0) is 24.0 Å². The van der Waals surface area contributed by atoms with Crippen LogP contribution in [0.15, 0.2) is 24.5 Å². The molecule has 1 rings (SSSR count). The molecule has 0 aliphatic heterocycles. The Morgan fingerprint density at radius 2 is 1.41 bits per heavy atom. The number of hydrogen-bond acceptors (Lipinski definition) is 8. The number of carbonyl (C=O) groups is 6. The van der Waals surface area contributed by atoms with Gasteiger partial charge >= 0.3 is 5.97 Å². The summed E-state index contributed by atoms with van der Waals surface area (Å²) in [6, 6.07) is -1.21. The van der Waals surface area contributed by atoms with E-state index in [1.165, 1.54) is 24.5 Å². The van der Waals surface area contributed by atoms with E-state index in [0.29, 0.717) is 37.0 Å². The van der Waals surface area contributed by atoms with Crippen LogP contribution in [0.1, 0.15) is 111 Å². The minimum Gasteiger partial charge on any atom is -0.619 e. The SMILES string of the molecule is CCC[C@H](NC(=O)[C@@H](NC(=O)c1cc[n+]([O-])cc1)[C@@H](C)CC)C(=O)N[C@H](CN[C@@H](CCCC(=O)O)C(=O)N[C@H](C(=O)NCC)C(C)C)CC(C)C. The van der Waals surface area contributed by atoms with Crippen molar-refractivity contribution >= 4 is 35.5 Å². The largest absolute Gasteiger partial charge is 0.619 e. The van der Waals surface area contributed by atoms with E-state index < -0.39 is 59.8 Å². The summed E-state index contributed by atoms with van der Waals surface area (Å²) < 4.78 is 0.552. The summed E-state index contributed by atoms with van der Waals surface area (Å²) in [5.74, 6) is -3.52. The van der Waals surface area contributed by atoms with Crippen molar-refractivity contribution in [2.24, 2.45) is 17.8 Å². The summed E-state index contributed by atoms with van der Waals surface area (Å²) in [5, 5.41) is 38.0. The second-order valence-corrected chi connectivity index (χ2v) is 13.8. The summed E-state index contributed by atoms with van der Waals surface area (Å²) in [7, 11) is 0. The van der Waals surface area contributed by atoms with Gasteiger partial charge in [-0.05, 0) is 50.4 Å². The molecule has 0 bridgehead atoms. The van der Waals surface area contributed by atoms with Gasteiger partial charge in [-0.3, -0.25) is 28.8 Å². The highest BCUT2D eigenvalue weighted by molar-refractivity contribution is 5.98. The van der Waals surface area contributed by atoms with Crippen molar-refractivity contribution in [3.8, 4) is 0 Å². The van der Waals surface area contributed by atoms with Crippen LogP contribution in [0.25, 0.3) is 0 Å². The molecule has 0 aromatic carbocycles. The highest BCUT2D eigenvalue weighted by Gasteiger charge is 2.32. The second kappa shape index (κ2) is 23.3. The Morgan fingerprint density at radius 3 is 1.94 bits per heavy atom. The topological polar surface area (TPSA) is 222 Å². The van der Waals surface area contributed by atoms with E-state index >= 15 is 0 Å². The predicted molar refractivity (Wildman–Crippen MR) is 193 cm³/mol. The fourth-order valence-electron chi connectivity index (χ4n) is 5.51. The van der Waals surface area contributed by atoms with E-state index in [0.717, 1.165) is 0 Å². The molecule has 0 aliphatic carbocycles. The minimum absolute atomic E-state index is 0.135. The Kier molecular flexibility index (Phi) is 20.4. The van der Waals surface area contributed by atoms with Gasteiger partial charge in [0.1, 0.15) is 18.1 Å². The molecule has 0 fully saturated rings. The van der Waals surface area contributed by atoms with Crippen molar-refractivity contribution in [3.63, 3.8) is 0 Å². The van der Waals surface area contributed by atoms with E-state index in [9.17, 15) is 39.1 Å². The second-order valence-electron chi connectivity index (χ2n) is 13.8. The van der Waals surface area contributed by atoms with Crippen LogP contribution in [-0.4, -0.2) is 83.9 Å². The molecule has 15 heteroatoms. The Bertz CT molecular complexity index is 1270. The molecule has 0 aliphatic rings. The Hall–Kier alpha value is -4.27. The first-order valence-corrected chi connectivity index (χ1v) is 18.2. The van der Waals surface area contributed by atoms with Gasteiger partial charge in [0.15, 0.2) is 12.4 Å². The fourth-order valence-corrected chi connectivity index (χ4v) is 5.51. The average molecular weight is 720 g/mol. The molecule has 5 amide bonds. The lowest BCUT2D eigenvalue weighted by atomic mass is 9.97. The molecule has 1 aromatic heterocycles. The molecule has 0 saturated carbocycles. The molecule has 51 heavy (non-hydrogen) atoms. The Morgan fingerprint density at radius 1 is 0.784 bits per heavy atom. The lowest BCUT2D eigenvalue weighted by Crippen LogP contribution is -2.58. The number of nitrogens with one attached hydrogen (secondary N) is 6. The van der Waals surface area contributed by atoms with E-state index in [-0.39, 0.29) is 55.0 Å². The highest BCUT2D eigenvalue weighted by Crippen LogP contribution is 2.13. The van der Waals surface area contributed by atoms with Crippen LogP contribution in [0.2, 0.25) is 0 Å². The van der Waals surface area contributed by atoms with Crippen molar-refractivity contribution in [1.82, 2.24) is 31.9 Å². The number of carbonyl (C=O) groups excluding carboxylic acids is 5. The monoisotopic (exact) mass is 719 g/mol. The van der Waals surface area contributed by atoms with Gasteiger partial charge in [0.2, 0.25) is 23.6 Å². The molecule has 0 radical (unpaired) electrons. The van der Waals surface area contributed by atoms with Gasteiger partial charge in [0, 0.05) is 37.7 Å². The molecule has 15 nitrogen and oxygen atoms in total. The van der Waals surface area contributed by atoms with Crippen molar-refractivity contribution in [2.75, 3.05) is 13.1 Å². The predicted octanol–water partition coefficient (Wildman–Crippen LogP) is 1.77. The van der Waals surface area contributed by atoms with Gasteiger partial charge in [0.25, 0.3) is 5.91 Å². The summed E-state index contributed by atoms with van der Waals surface area (Å²) in [4.78, 5) is 77.6. The summed E-state index contributed by atoms with van der Waals surface area (Å²) in [6.45, 7) is 15.6. The molecule has 7 N–H and O–H groups in total. The molecule has 6 atom stereocenters. The van der Waals surface area contributed by atoms with Crippen LogP contribution >= 0.6 is 0 Å². The molecule has 288 valence electrons. The Balaban J connectivity index is 3.15. The molecule has 0 saturated heterocycles. The highest BCUT2D eigenvalue weighted by atomic mass is 16.5. The van der Waals surface area contributed by atoms with Gasteiger partial charge in [0.05, 0.1) is 11.6 Å². The standard InChI is InChI=1S/C36H61N7O8/c1-9-13-28(40-36(50)31(24(8)10-2)42-32(46)25-16-18-43(51)19-17-25)34(48)39-26(20-22(4)5)21-38-27(14-12-15-29(44)45)33(47)41-30(23(6)7)35(49)37-11-3/h16-19,22-24,26-28,30-31,38H,9-15,20-21H2,1-8H3,(H,37,49)(H,39,48)(H,40,50)(H,41,47)(H,42,46)(H,44,45)/t24-,26-,27-,28-,30-,31-/m0/s1. The van der Waals surface area contributed by atoms with Crippen molar-refractivity contribution in [3.05, 3.63) is 35.3 Å². The minimum atomic E-state index is -0.988. The number of amides is 5. The number of aliphatic carboxylic acids is 1. The number of nitrogens with zero attached hydrogens (tertiary/aromatic N) is 1. The summed E-state index contributed by atoms with van der Waals surface area (Å²) in [6.07, 6.45) is 4.68. The van der Waals surface area contributed by atoms with Gasteiger partial charge < -0.3 is 42.2 Å². The zero-order valence-electron chi connectivity index (χ0n) is 31.5. The normalized spacial score (nSPS) is 14.8. The van der Waals surface area contributed by atoms with E-state index in [2.05, 4.69) is 31.9 Å². The number of carboxylic acid groups (broad SMARTS) is 1. The van der Waals surface area contributed by atoms with Crippen molar-refractivity contribution < 1.29 is 38.6 Å². The van der Waals surface area contributed by atoms with Gasteiger partial charge in [-0.2, -0.15) is 4.73 Å². The quantitative estimate of drug-likeness (QED) is 0.0610. The lowest BCUT2D eigenvalue weighted by molar-refractivity contribution is -0.605. The van der Waals surface area contributed by atoms with E-state index in [1.807, 2.05) is 48.5 Å². The smallest absolute Gasteiger partial charge is 0.303 e. The maximum absolute atomic E-state index is 13.7. The maximum atomic E-state index is 13.7. The third-order valence-electron chi connectivity index (χ3n) is 8.57. The van der Waals surface area contributed by atoms with Crippen molar-refractivity contribution in [1.29, 1.82) is 0 Å². The number of carboxylic acids is 1. The number of hydrogen-bond donors (Lipinski definition) is 7. The van der Waals surface area contributed by atoms with Gasteiger partial charge in [-0.15, -0.1) is 0 Å². The Labute approximate surface area is 302 Å². The maximum Gasteiger partial charge on any atom is 0.303 e. The fraction of sp³-hybridized carbons (Fsp3) is 0.694. The van der Waals surface area contributed by atoms with Gasteiger partial charge in [-0.25, -0.2) is 0 Å². The first-order chi connectivity index (χ1) is 24.0. The number of pyridine rings is 1. The van der Waals surface area contributed by atoms with Crippen LogP contribution in [0.4, 0.5) is 0 Å². The lowest BCUT2D eigenvalue weighted by Gasteiger charge is -2.29. The molecule has 1 heterocycles. The first kappa shape index (κ1) is 44.8. The molecule has 0 unspecified atom stereocenters. The summed E-state index contributed by atoms with van der Waals surface area (Å²) >= 11 is 0. The zero-order valence-corrected chi connectivity index (χ0v) is 31.5. The van der Waals surface area contributed by atoms with Gasteiger partial charge in [-0.1, -0.05) is 61.3 Å². The summed E-state index contributed by atoms with van der Waals surface area (Å²) in [5.41, 5.74) is 0.217. The number of aromatic nitrogens is 1. The third-order valence-corrected chi connectivity index (χ3v) is 8.57. The molecular formula is C36H61N7O8. The van der Waals surface area contributed by atoms with Crippen molar-refractivity contribution in [2.45, 2.75) is 131 Å². The number of rotatable bonds is 24. The first-order valence-electron chi connectivity index (χ1n) is 18.2. The zero-order chi connectivity index (χ0) is 38.7. The third kappa shape index (κ3) is 16.5. The molecule has 0 spiro atoms.